The van der Waals surface area contributed by atoms with Gasteiger partial charge in [0.15, 0.2) is 0 Å². The Bertz CT molecular complexity index is 4250. The molecule has 1 atom stereocenters. The third kappa shape index (κ3) is 7.61. The minimum absolute atomic E-state index is 0.720. The van der Waals surface area contributed by atoms with Crippen LogP contribution in [0.4, 0.5) is 17.1 Å². The van der Waals surface area contributed by atoms with Crippen LogP contribution in [0, 0.1) is 0 Å². The maximum absolute atomic E-state index is 5.13. The van der Waals surface area contributed by atoms with Crippen molar-refractivity contribution >= 4 is 50.0 Å². The molecule has 80 heavy (non-hydrogen) atoms. The lowest BCUT2D eigenvalue weighted by atomic mass is 9.50. The highest BCUT2D eigenvalue weighted by atomic mass is 15.1. The first kappa shape index (κ1) is 50.0. The molecule has 4 aliphatic carbocycles. The predicted octanol–water partition coefficient (Wildman–Crippen LogP) is 20.4. The summed E-state index contributed by atoms with van der Waals surface area (Å²) in [6.07, 6.45) is 26.8. The van der Waals surface area contributed by atoms with Gasteiger partial charge in [0.1, 0.15) is 0 Å². The summed E-state index contributed by atoms with van der Waals surface area (Å²) in [5.41, 5.74) is 23.8. The number of para-hydroxylation sites is 2. The molecule has 2 spiro atoms. The topological polar surface area (TPSA) is 8.17 Å². The first-order valence-electron chi connectivity index (χ1n) is 28.5. The molecule has 0 saturated carbocycles. The van der Waals surface area contributed by atoms with Gasteiger partial charge in [-0.05, 0) is 165 Å². The number of hydrogen-bond donors (Lipinski definition) is 0. The van der Waals surface area contributed by atoms with Crippen LogP contribution in [0.2, 0.25) is 0 Å². The summed E-state index contributed by atoms with van der Waals surface area (Å²) in [7, 11) is 0. The van der Waals surface area contributed by atoms with Crippen molar-refractivity contribution in [3.63, 3.8) is 0 Å². The van der Waals surface area contributed by atoms with Crippen molar-refractivity contribution in [2.45, 2.75) is 50.9 Å². The summed E-state index contributed by atoms with van der Waals surface area (Å²) in [5.74, 6) is 0. The molecule has 0 N–H and O–H groups in total. The van der Waals surface area contributed by atoms with E-state index in [1.165, 1.54) is 77.5 Å². The van der Waals surface area contributed by atoms with Gasteiger partial charge in [-0.3, -0.25) is 0 Å². The van der Waals surface area contributed by atoms with E-state index in [4.69, 9.17) is 6.58 Å². The van der Waals surface area contributed by atoms with E-state index in [-0.39, 0.29) is 0 Å². The van der Waals surface area contributed by atoms with E-state index in [9.17, 15) is 0 Å². The lowest BCUT2D eigenvalue weighted by Crippen LogP contribution is -2.45. The van der Waals surface area contributed by atoms with Crippen LogP contribution in [-0.2, 0) is 17.3 Å². The smallest absolute Gasteiger partial charge is 0.0740 e. The molecule has 1 aromatic heterocycles. The Labute approximate surface area is 472 Å². The monoisotopic (exact) mass is 1030 g/mol. The van der Waals surface area contributed by atoms with E-state index in [0.717, 1.165) is 69.8 Å². The second kappa shape index (κ2) is 20.7. The van der Waals surface area contributed by atoms with E-state index >= 15 is 0 Å². The van der Waals surface area contributed by atoms with Crippen molar-refractivity contribution in [2.75, 3.05) is 4.90 Å². The van der Waals surface area contributed by atoms with Crippen LogP contribution in [-0.4, -0.2) is 4.57 Å². The molecule has 0 amide bonds. The Balaban J connectivity index is 0.00000299. The Morgan fingerprint density at radius 2 is 1.23 bits per heavy atom. The van der Waals surface area contributed by atoms with Gasteiger partial charge in [-0.25, -0.2) is 0 Å². The van der Waals surface area contributed by atoms with Gasteiger partial charge < -0.3 is 9.47 Å². The lowest BCUT2D eigenvalue weighted by Gasteiger charge is -2.51. The van der Waals surface area contributed by atoms with Gasteiger partial charge in [-0.1, -0.05) is 239 Å². The SMILES string of the molecule is C=C/C=C(\C=C/C)c1cc(C2=CC=CCC2)cc(-n2c3ccccc3c3cc(N(c4ccccc4)c4cccc5c4C4(c6ccccc6-c6ccccc64)c4ccccc4C54C(=C)/C=C\C=C/Cc5ccccc54)ccc32)c1.CC. The van der Waals surface area contributed by atoms with Crippen LogP contribution in [0.15, 0.2) is 292 Å². The van der Waals surface area contributed by atoms with Gasteiger partial charge in [0.25, 0.3) is 0 Å². The summed E-state index contributed by atoms with van der Waals surface area (Å²) in [6, 6.07) is 78.1. The number of allylic oxidation sites excluding steroid dienone is 14. The minimum Gasteiger partial charge on any atom is -0.310 e. The van der Waals surface area contributed by atoms with Crippen molar-refractivity contribution in [2.24, 2.45) is 0 Å². The molecular formula is C78H64N2. The molecule has 9 aromatic carbocycles. The van der Waals surface area contributed by atoms with Crippen molar-refractivity contribution in [3.05, 3.63) is 347 Å². The summed E-state index contributed by atoms with van der Waals surface area (Å²) in [4.78, 5) is 2.55. The third-order valence-electron chi connectivity index (χ3n) is 17.0. The maximum Gasteiger partial charge on any atom is 0.0740 e. The normalized spacial score (nSPS) is 17.3. The number of rotatable bonds is 8. The summed E-state index contributed by atoms with van der Waals surface area (Å²) >= 11 is 0. The van der Waals surface area contributed by atoms with Gasteiger partial charge in [0, 0.05) is 33.4 Å². The van der Waals surface area contributed by atoms with Crippen LogP contribution in [0.1, 0.15) is 89.2 Å². The van der Waals surface area contributed by atoms with E-state index < -0.39 is 10.8 Å². The fourth-order valence-corrected chi connectivity index (χ4v) is 14.0. The minimum atomic E-state index is -0.760. The molecule has 0 fully saturated rings. The summed E-state index contributed by atoms with van der Waals surface area (Å²) < 4.78 is 2.48. The maximum atomic E-state index is 5.13. The second-order valence-electron chi connectivity index (χ2n) is 21.0. The first-order valence-corrected chi connectivity index (χ1v) is 28.5. The fraction of sp³-hybridized carbons (Fsp3) is 0.103. The Morgan fingerprint density at radius 1 is 0.562 bits per heavy atom. The fourth-order valence-electron chi connectivity index (χ4n) is 14.0. The number of nitrogens with zero attached hydrogens (tertiary/aromatic N) is 2. The van der Waals surface area contributed by atoms with Crippen molar-refractivity contribution < 1.29 is 0 Å². The van der Waals surface area contributed by atoms with Gasteiger partial charge in [0.05, 0.1) is 27.6 Å². The van der Waals surface area contributed by atoms with E-state index in [0.29, 0.717) is 0 Å². The molecular weight excluding hydrogens is 965 g/mol. The van der Waals surface area contributed by atoms with E-state index in [2.05, 4.69) is 290 Å². The van der Waals surface area contributed by atoms with Crippen LogP contribution in [0.25, 0.3) is 49.8 Å². The molecule has 0 radical (unpaired) electrons. The summed E-state index contributed by atoms with van der Waals surface area (Å²) in [6.45, 7) is 15.3. The van der Waals surface area contributed by atoms with E-state index in [1.807, 2.05) is 19.9 Å². The van der Waals surface area contributed by atoms with Crippen LogP contribution >= 0.6 is 0 Å². The number of benzene rings is 9. The molecule has 386 valence electrons. The number of hydrogen-bond acceptors (Lipinski definition) is 1. The average Bonchev–Trinajstić information content (AvgIpc) is 4.22. The van der Waals surface area contributed by atoms with Crippen LogP contribution in [0.5, 0.6) is 0 Å². The average molecular weight is 1030 g/mol. The van der Waals surface area contributed by atoms with Gasteiger partial charge in [0.2, 0.25) is 0 Å². The Hall–Kier alpha value is -9.50. The first-order chi connectivity index (χ1) is 39.5. The largest absolute Gasteiger partial charge is 0.310 e. The van der Waals surface area contributed by atoms with Crippen LogP contribution in [0.3, 0.4) is 0 Å². The zero-order chi connectivity index (χ0) is 54.4. The predicted molar refractivity (Wildman–Crippen MR) is 341 cm³/mol. The van der Waals surface area contributed by atoms with Crippen molar-refractivity contribution in [1.82, 2.24) is 4.57 Å². The quantitative estimate of drug-likeness (QED) is 0.138. The molecule has 10 aromatic rings. The second-order valence-corrected chi connectivity index (χ2v) is 21.0. The van der Waals surface area contributed by atoms with Gasteiger partial charge in [-0.2, -0.15) is 0 Å². The zero-order valence-electron chi connectivity index (χ0n) is 45.9. The molecule has 2 nitrogen and oxygen atoms in total. The third-order valence-corrected chi connectivity index (χ3v) is 17.0. The Morgan fingerprint density at radius 3 is 1.96 bits per heavy atom. The summed E-state index contributed by atoms with van der Waals surface area (Å²) in [5, 5.41) is 2.38. The lowest BCUT2D eigenvalue weighted by molar-refractivity contribution is 0.621. The molecule has 2 heteroatoms. The van der Waals surface area contributed by atoms with Gasteiger partial charge >= 0.3 is 0 Å². The molecule has 0 aliphatic heterocycles. The van der Waals surface area contributed by atoms with Crippen LogP contribution < -0.4 is 4.90 Å². The molecule has 1 unspecified atom stereocenters. The molecule has 0 saturated heterocycles. The molecule has 1 heterocycles. The molecule has 14 rings (SSSR count). The highest BCUT2D eigenvalue weighted by Crippen LogP contribution is 2.67. The van der Waals surface area contributed by atoms with Gasteiger partial charge in [-0.15, -0.1) is 0 Å². The highest BCUT2D eigenvalue weighted by molar-refractivity contribution is 6.11. The van der Waals surface area contributed by atoms with E-state index in [1.54, 1.807) is 0 Å². The standard InChI is InChI=1S/C76H58N2.C2H6/c1-4-26-53(27-5-2)56-48-57(54-29-10-7-11-30-54)50-60(49-56)78-71-44-24-18-37-63(71)64-51-59(46-47-72(64)78)77(58-33-13-8-14-34-58)73-45-25-43-70-74(73)76(66-39-20-16-35-61(66)62-36-17-21-40-67(62)76)69-42-23-22-41-68(69)75(70)52(3)28-9-6-12-31-55-32-15-19-38-65(55)75;1-2/h4-10,12-29,32-51H,1,3,11,30-31H2,2H3;1-2H3/b12-6-,27-5-,28-9-,53-26+;. The van der Waals surface area contributed by atoms with Crippen molar-refractivity contribution in [1.29, 1.82) is 0 Å². The Kier molecular flexibility index (Phi) is 12.9. The number of aromatic nitrogens is 1. The zero-order valence-corrected chi connectivity index (χ0v) is 45.9. The number of anilines is 3. The highest BCUT2D eigenvalue weighted by Gasteiger charge is 2.58. The van der Waals surface area contributed by atoms with Crippen molar-refractivity contribution in [3.8, 4) is 16.8 Å². The molecule has 0 bridgehead atoms. The number of fused-ring (bicyclic) bond motifs is 16. The molecule has 4 aliphatic rings.